The Hall–Kier alpha value is -1.35. The molecule has 3 heteroatoms. The van der Waals surface area contributed by atoms with Crippen LogP contribution in [0.1, 0.15) is 43.7 Å². The Balaban J connectivity index is 2.09. The van der Waals surface area contributed by atoms with Gasteiger partial charge in [0.2, 0.25) is 0 Å². The van der Waals surface area contributed by atoms with Gasteiger partial charge in [0, 0.05) is 0 Å². The van der Waals surface area contributed by atoms with Crippen molar-refractivity contribution in [1.82, 2.24) is 4.90 Å². The van der Waals surface area contributed by atoms with Crippen molar-refractivity contribution in [3.8, 4) is 5.75 Å². The van der Waals surface area contributed by atoms with Crippen molar-refractivity contribution in [3.63, 3.8) is 0 Å². The lowest BCUT2D eigenvalue weighted by molar-refractivity contribution is -0.141. The van der Waals surface area contributed by atoms with E-state index in [2.05, 4.69) is 11.8 Å². The second-order valence-corrected chi connectivity index (χ2v) is 5.66. The summed E-state index contributed by atoms with van der Waals surface area (Å²) in [6.45, 7) is 8.06. The molecule has 1 fully saturated rings. The number of aryl methyl sites for hydroxylation is 2. The summed E-state index contributed by atoms with van der Waals surface area (Å²) in [6.07, 6.45) is 4.46. The number of rotatable bonds is 4. The van der Waals surface area contributed by atoms with Gasteiger partial charge in [0.05, 0.1) is 0 Å². The van der Waals surface area contributed by atoms with Gasteiger partial charge in [-0.3, -0.25) is 4.90 Å². The lowest BCUT2D eigenvalue weighted by Gasteiger charge is -2.32. The van der Waals surface area contributed by atoms with Crippen molar-refractivity contribution >= 4 is 5.97 Å². The summed E-state index contributed by atoms with van der Waals surface area (Å²) in [4.78, 5) is 14.8. The molecule has 3 nitrogen and oxygen atoms in total. The fourth-order valence-electron chi connectivity index (χ4n) is 2.93. The fraction of sp³-hybridized carbons (Fsp3) is 0.588. The number of esters is 1. The number of benzene rings is 1. The molecule has 0 aliphatic carbocycles. The van der Waals surface area contributed by atoms with E-state index in [-0.39, 0.29) is 12.0 Å². The molecule has 20 heavy (non-hydrogen) atoms. The predicted molar refractivity (Wildman–Crippen MR) is 81.1 cm³/mol. The summed E-state index contributed by atoms with van der Waals surface area (Å²) >= 11 is 0. The Kier molecular flexibility index (Phi) is 5.18. The van der Waals surface area contributed by atoms with Crippen LogP contribution in [0.25, 0.3) is 0 Å². The fourth-order valence-corrected chi connectivity index (χ4v) is 2.93. The first-order valence-electron chi connectivity index (χ1n) is 7.65. The monoisotopic (exact) mass is 275 g/mol. The third-order valence-electron chi connectivity index (χ3n) is 4.10. The minimum Gasteiger partial charge on any atom is -0.425 e. The number of likely N-dealkylation sites (tertiary alicyclic amines) is 1. The summed E-state index contributed by atoms with van der Waals surface area (Å²) in [7, 11) is 0. The lowest BCUT2D eigenvalue weighted by Crippen LogP contribution is -2.45. The molecule has 0 bridgehead atoms. The first kappa shape index (κ1) is 15.0. The van der Waals surface area contributed by atoms with Gasteiger partial charge in [-0.25, -0.2) is 4.79 Å². The van der Waals surface area contributed by atoms with E-state index in [1.165, 1.54) is 19.3 Å². The van der Waals surface area contributed by atoms with Crippen LogP contribution in [0.3, 0.4) is 0 Å². The van der Waals surface area contributed by atoms with E-state index in [1.807, 2.05) is 32.0 Å². The van der Waals surface area contributed by atoms with Crippen LogP contribution in [0, 0.1) is 13.8 Å². The number of carbonyl (C=O) groups is 1. The van der Waals surface area contributed by atoms with Crippen LogP contribution in [-0.2, 0) is 4.79 Å². The van der Waals surface area contributed by atoms with E-state index in [0.717, 1.165) is 36.4 Å². The van der Waals surface area contributed by atoms with E-state index in [4.69, 9.17) is 4.74 Å². The molecule has 110 valence electrons. The van der Waals surface area contributed by atoms with Crippen LogP contribution in [-0.4, -0.2) is 30.0 Å². The van der Waals surface area contributed by atoms with Gasteiger partial charge in [-0.2, -0.15) is 0 Å². The number of para-hydroxylation sites is 1. The quantitative estimate of drug-likeness (QED) is 0.622. The highest BCUT2D eigenvalue weighted by molar-refractivity contribution is 5.78. The van der Waals surface area contributed by atoms with E-state index in [1.54, 1.807) is 0 Å². The highest BCUT2D eigenvalue weighted by Gasteiger charge is 2.27. The molecular formula is C17H25NO2. The Labute approximate surface area is 121 Å². The molecular weight excluding hydrogens is 250 g/mol. The molecule has 0 amide bonds. The zero-order valence-electron chi connectivity index (χ0n) is 12.8. The molecule has 1 unspecified atom stereocenters. The van der Waals surface area contributed by atoms with Crippen molar-refractivity contribution in [3.05, 3.63) is 29.3 Å². The van der Waals surface area contributed by atoms with Crippen molar-refractivity contribution in [1.29, 1.82) is 0 Å². The van der Waals surface area contributed by atoms with E-state index < -0.39 is 0 Å². The summed E-state index contributed by atoms with van der Waals surface area (Å²) in [5.74, 6) is 0.625. The minimum atomic E-state index is -0.105. The molecule has 1 aromatic rings. The molecule has 1 aliphatic heterocycles. The summed E-state index contributed by atoms with van der Waals surface area (Å²) in [5.41, 5.74) is 2.04. The van der Waals surface area contributed by atoms with Crippen LogP contribution >= 0.6 is 0 Å². The predicted octanol–water partition coefficient (Wildman–Crippen LogP) is 3.47. The molecule has 0 N–H and O–H groups in total. The second-order valence-electron chi connectivity index (χ2n) is 5.66. The molecule has 1 heterocycles. The Morgan fingerprint density at radius 3 is 2.35 bits per heavy atom. The van der Waals surface area contributed by atoms with E-state index in [0.29, 0.717) is 0 Å². The average Bonchev–Trinajstić information content (AvgIpc) is 2.45. The molecule has 1 saturated heterocycles. The summed E-state index contributed by atoms with van der Waals surface area (Å²) in [5, 5.41) is 0. The van der Waals surface area contributed by atoms with Crippen LogP contribution in [0.5, 0.6) is 5.75 Å². The van der Waals surface area contributed by atoms with Gasteiger partial charge < -0.3 is 4.74 Å². The number of hydrogen-bond acceptors (Lipinski definition) is 3. The maximum Gasteiger partial charge on any atom is 0.328 e. The van der Waals surface area contributed by atoms with Crippen LogP contribution in [0.4, 0.5) is 0 Å². The van der Waals surface area contributed by atoms with Crippen LogP contribution in [0.15, 0.2) is 18.2 Å². The number of carbonyl (C=O) groups excluding carboxylic acids is 1. The highest BCUT2D eigenvalue weighted by atomic mass is 16.5. The zero-order valence-corrected chi connectivity index (χ0v) is 12.8. The number of ether oxygens (including phenoxy) is 1. The molecule has 1 aliphatic rings. The normalized spacial score (nSPS) is 17.8. The highest BCUT2D eigenvalue weighted by Crippen LogP contribution is 2.24. The minimum absolute atomic E-state index is 0.102. The summed E-state index contributed by atoms with van der Waals surface area (Å²) < 4.78 is 5.70. The van der Waals surface area contributed by atoms with Gasteiger partial charge in [-0.05, 0) is 57.3 Å². The smallest absolute Gasteiger partial charge is 0.328 e. The average molecular weight is 275 g/mol. The zero-order chi connectivity index (χ0) is 14.5. The number of piperidine rings is 1. The first-order valence-corrected chi connectivity index (χ1v) is 7.65. The van der Waals surface area contributed by atoms with Gasteiger partial charge in [0.25, 0.3) is 0 Å². The molecule has 0 spiro atoms. The lowest BCUT2D eigenvalue weighted by atomic mass is 10.1. The molecule has 0 radical (unpaired) electrons. The Morgan fingerprint density at radius 2 is 1.80 bits per heavy atom. The molecule has 0 saturated carbocycles. The maximum atomic E-state index is 12.5. The van der Waals surface area contributed by atoms with Crippen molar-refractivity contribution < 1.29 is 9.53 Å². The van der Waals surface area contributed by atoms with Crippen LogP contribution in [0.2, 0.25) is 0 Å². The van der Waals surface area contributed by atoms with Crippen molar-refractivity contribution in [2.24, 2.45) is 0 Å². The largest absolute Gasteiger partial charge is 0.425 e. The molecule has 0 aromatic heterocycles. The molecule has 1 atom stereocenters. The second kappa shape index (κ2) is 6.89. The van der Waals surface area contributed by atoms with Gasteiger partial charge in [0.15, 0.2) is 0 Å². The molecule has 1 aromatic carbocycles. The Bertz CT molecular complexity index is 444. The van der Waals surface area contributed by atoms with Crippen LogP contribution < -0.4 is 4.74 Å². The van der Waals surface area contributed by atoms with Gasteiger partial charge in [-0.1, -0.05) is 31.5 Å². The van der Waals surface area contributed by atoms with E-state index >= 15 is 0 Å². The Morgan fingerprint density at radius 1 is 1.20 bits per heavy atom. The third-order valence-corrected chi connectivity index (χ3v) is 4.10. The van der Waals surface area contributed by atoms with Gasteiger partial charge in [0.1, 0.15) is 11.8 Å². The maximum absolute atomic E-state index is 12.5. The standard InChI is InChI=1S/C17H25NO2/c1-4-15(18-11-6-5-7-12-18)17(19)20-16-13(2)9-8-10-14(16)3/h8-10,15H,4-7,11-12H2,1-3H3. The third kappa shape index (κ3) is 3.40. The molecule has 2 rings (SSSR count). The number of nitrogens with zero attached hydrogens (tertiary/aromatic N) is 1. The SMILES string of the molecule is CCC(C(=O)Oc1c(C)cccc1C)N1CCCCC1. The van der Waals surface area contributed by atoms with E-state index in [9.17, 15) is 4.79 Å². The van der Waals surface area contributed by atoms with Crippen molar-refractivity contribution in [2.75, 3.05) is 13.1 Å². The summed E-state index contributed by atoms with van der Waals surface area (Å²) in [6, 6.07) is 5.85. The topological polar surface area (TPSA) is 29.5 Å². The number of hydrogen-bond donors (Lipinski definition) is 0. The van der Waals surface area contributed by atoms with Crippen molar-refractivity contribution in [2.45, 2.75) is 52.5 Å². The van der Waals surface area contributed by atoms with Gasteiger partial charge >= 0.3 is 5.97 Å². The first-order chi connectivity index (χ1) is 9.63. The van der Waals surface area contributed by atoms with Gasteiger partial charge in [-0.15, -0.1) is 0 Å².